The van der Waals surface area contributed by atoms with Gasteiger partial charge >= 0.3 is 0 Å². The molecule has 1 heterocycles. The Morgan fingerprint density at radius 1 is 1.42 bits per heavy atom. The second-order valence-electron chi connectivity index (χ2n) is 4.87. The summed E-state index contributed by atoms with van der Waals surface area (Å²) in [5.41, 5.74) is 0.959. The highest BCUT2D eigenvalue weighted by molar-refractivity contribution is 5.32. The predicted octanol–water partition coefficient (Wildman–Crippen LogP) is 2.75. The van der Waals surface area contributed by atoms with Crippen molar-refractivity contribution in [2.75, 3.05) is 13.2 Å². The summed E-state index contributed by atoms with van der Waals surface area (Å²) < 4.78 is 19.2. The first kappa shape index (κ1) is 14.0. The molecule has 1 aliphatic heterocycles. The molecule has 1 aromatic carbocycles. The highest BCUT2D eigenvalue weighted by atomic mass is 19.1. The smallest absolute Gasteiger partial charge is 0.129 e. The number of hydrogen-bond acceptors (Lipinski definition) is 3. The minimum atomic E-state index is -0.319. The van der Waals surface area contributed by atoms with Gasteiger partial charge in [0.15, 0.2) is 0 Å². The van der Waals surface area contributed by atoms with E-state index in [1.165, 1.54) is 18.9 Å². The Kier molecular flexibility index (Phi) is 5.31. The fraction of sp³-hybridized carbons (Fsp3) is 0.533. The molecule has 0 radical (unpaired) electrons. The molecule has 0 amide bonds. The lowest BCUT2D eigenvalue weighted by molar-refractivity contribution is 0.0115. The SMILES string of the molecule is N#Cc1ccc(CNCCC2CCCCO2)c(F)c1. The van der Waals surface area contributed by atoms with Crippen molar-refractivity contribution in [2.45, 2.75) is 38.3 Å². The van der Waals surface area contributed by atoms with Crippen LogP contribution in [0.1, 0.15) is 36.8 Å². The lowest BCUT2D eigenvalue weighted by atomic mass is 10.1. The van der Waals surface area contributed by atoms with Gasteiger partial charge in [0.2, 0.25) is 0 Å². The molecule has 4 heteroatoms. The average Bonchev–Trinajstić information content (AvgIpc) is 2.46. The van der Waals surface area contributed by atoms with Crippen LogP contribution < -0.4 is 5.32 Å². The van der Waals surface area contributed by atoms with Crippen LogP contribution in [0.25, 0.3) is 0 Å². The highest BCUT2D eigenvalue weighted by Crippen LogP contribution is 2.15. The first-order valence-corrected chi connectivity index (χ1v) is 6.80. The van der Waals surface area contributed by atoms with Crippen LogP contribution in [0.4, 0.5) is 4.39 Å². The van der Waals surface area contributed by atoms with Gasteiger partial charge in [0.25, 0.3) is 0 Å². The summed E-state index contributed by atoms with van der Waals surface area (Å²) in [7, 11) is 0. The number of rotatable bonds is 5. The van der Waals surface area contributed by atoms with E-state index in [1.54, 1.807) is 12.1 Å². The molecule has 1 unspecified atom stereocenters. The van der Waals surface area contributed by atoms with Crippen molar-refractivity contribution in [3.8, 4) is 6.07 Å². The van der Waals surface area contributed by atoms with Crippen molar-refractivity contribution in [2.24, 2.45) is 0 Å². The van der Waals surface area contributed by atoms with Crippen molar-refractivity contribution >= 4 is 0 Å². The van der Waals surface area contributed by atoms with Crippen molar-refractivity contribution in [3.63, 3.8) is 0 Å². The summed E-state index contributed by atoms with van der Waals surface area (Å²) in [4.78, 5) is 0. The zero-order chi connectivity index (χ0) is 13.5. The van der Waals surface area contributed by atoms with Gasteiger partial charge in [0.05, 0.1) is 17.7 Å². The maximum absolute atomic E-state index is 13.6. The van der Waals surface area contributed by atoms with Gasteiger partial charge in [-0.1, -0.05) is 6.07 Å². The molecule has 102 valence electrons. The van der Waals surface area contributed by atoms with E-state index in [-0.39, 0.29) is 5.82 Å². The van der Waals surface area contributed by atoms with E-state index in [4.69, 9.17) is 10.00 Å². The predicted molar refractivity (Wildman–Crippen MR) is 71.0 cm³/mol. The van der Waals surface area contributed by atoms with Gasteiger partial charge in [-0.25, -0.2) is 4.39 Å². The van der Waals surface area contributed by atoms with Crippen LogP contribution in [0.5, 0.6) is 0 Å². The van der Waals surface area contributed by atoms with Crippen molar-refractivity contribution < 1.29 is 9.13 Å². The average molecular weight is 262 g/mol. The maximum atomic E-state index is 13.6. The lowest BCUT2D eigenvalue weighted by Gasteiger charge is -2.22. The molecule has 1 atom stereocenters. The molecular formula is C15H19FN2O. The molecule has 19 heavy (non-hydrogen) atoms. The van der Waals surface area contributed by atoms with Gasteiger partial charge in [0, 0.05) is 18.7 Å². The highest BCUT2D eigenvalue weighted by Gasteiger charge is 2.13. The minimum Gasteiger partial charge on any atom is -0.378 e. The van der Waals surface area contributed by atoms with Crippen LogP contribution in [0.3, 0.4) is 0 Å². The molecule has 0 aliphatic carbocycles. The molecule has 1 fully saturated rings. The zero-order valence-corrected chi connectivity index (χ0v) is 11.0. The Labute approximate surface area is 113 Å². The van der Waals surface area contributed by atoms with Gasteiger partial charge in [-0.2, -0.15) is 5.26 Å². The lowest BCUT2D eigenvalue weighted by Crippen LogP contribution is -2.25. The summed E-state index contributed by atoms with van der Waals surface area (Å²) in [6.45, 7) is 2.18. The third-order valence-corrected chi connectivity index (χ3v) is 3.41. The van der Waals surface area contributed by atoms with Crippen LogP contribution in [-0.2, 0) is 11.3 Å². The van der Waals surface area contributed by atoms with Crippen LogP contribution in [0, 0.1) is 17.1 Å². The molecule has 2 rings (SSSR count). The molecule has 1 aromatic rings. The molecule has 0 aromatic heterocycles. The number of benzene rings is 1. The molecule has 0 saturated carbocycles. The second-order valence-corrected chi connectivity index (χ2v) is 4.87. The Hall–Kier alpha value is -1.44. The van der Waals surface area contributed by atoms with Crippen LogP contribution in [0.15, 0.2) is 18.2 Å². The monoisotopic (exact) mass is 262 g/mol. The first-order valence-electron chi connectivity index (χ1n) is 6.80. The fourth-order valence-electron chi connectivity index (χ4n) is 2.28. The Morgan fingerprint density at radius 3 is 3.00 bits per heavy atom. The van der Waals surface area contributed by atoms with Crippen molar-refractivity contribution in [1.82, 2.24) is 5.32 Å². The topological polar surface area (TPSA) is 45.0 Å². The van der Waals surface area contributed by atoms with E-state index in [0.717, 1.165) is 26.0 Å². The van der Waals surface area contributed by atoms with Crippen LogP contribution in [-0.4, -0.2) is 19.3 Å². The molecule has 0 spiro atoms. The summed E-state index contributed by atoms with van der Waals surface area (Å²) in [6.07, 6.45) is 4.87. The number of hydrogen-bond donors (Lipinski definition) is 1. The quantitative estimate of drug-likeness (QED) is 0.830. The number of nitrogens with zero attached hydrogens (tertiary/aromatic N) is 1. The van der Waals surface area contributed by atoms with E-state index in [2.05, 4.69) is 5.32 Å². The fourth-order valence-corrected chi connectivity index (χ4v) is 2.28. The number of nitriles is 1. The molecule has 1 N–H and O–H groups in total. The molecular weight excluding hydrogens is 243 g/mol. The van der Waals surface area contributed by atoms with E-state index < -0.39 is 0 Å². The van der Waals surface area contributed by atoms with Crippen molar-refractivity contribution in [3.05, 3.63) is 35.1 Å². The zero-order valence-electron chi connectivity index (χ0n) is 11.0. The van der Waals surface area contributed by atoms with Crippen molar-refractivity contribution in [1.29, 1.82) is 5.26 Å². The van der Waals surface area contributed by atoms with Gasteiger partial charge in [-0.3, -0.25) is 0 Å². The van der Waals surface area contributed by atoms with Crippen LogP contribution in [0.2, 0.25) is 0 Å². The molecule has 1 saturated heterocycles. The van der Waals surface area contributed by atoms with Gasteiger partial charge in [-0.15, -0.1) is 0 Å². The Balaban J connectivity index is 1.72. The third kappa shape index (κ3) is 4.30. The van der Waals surface area contributed by atoms with E-state index in [1.807, 2.05) is 6.07 Å². The summed E-state index contributed by atoms with van der Waals surface area (Å²) in [5.74, 6) is -0.319. The molecule has 1 aliphatic rings. The summed E-state index contributed by atoms with van der Waals surface area (Å²) in [5, 5.41) is 11.9. The summed E-state index contributed by atoms with van der Waals surface area (Å²) >= 11 is 0. The Morgan fingerprint density at radius 2 is 2.32 bits per heavy atom. The largest absolute Gasteiger partial charge is 0.378 e. The third-order valence-electron chi connectivity index (χ3n) is 3.41. The van der Waals surface area contributed by atoms with Gasteiger partial charge < -0.3 is 10.1 Å². The number of halogens is 1. The molecule has 3 nitrogen and oxygen atoms in total. The number of ether oxygens (including phenoxy) is 1. The first-order chi connectivity index (χ1) is 9.29. The minimum absolute atomic E-state index is 0.319. The summed E-state index contributed by atoms with van der Waals surface area (Å²) in [6, 6.07) is 6.52. The number of nitrogens with one attached hydrogen (secondary N) is 1. The standard InChI is InChI=1S/C15H19FN2O/c16-15-9-12(10-17)4-5-13(15)11-18-7-6-14-3-1-2-8-19-14/h4-5,9,14,18H,1-3,6-8,11H2. The Bertz CT molecular complexity index is 450. The van der Waals surface area contributed by atoms with E-state index in [9.17, 15) is 4.39 Å². The second kappa shape index (κ2) is 7.22. The van der Waals surface area contributed by atoms with E-state index >= 15 is 0 Å². The maximum Gasteiger partial charge on any atom is 0.129 e. The van der Waals surface area contributed by atoms with E-state index in [0.29, 0.717) is 23.8 Å². The van der Waals surface area contributed by atoms with Gasteiger partial charge in [-0.05, 0) is 44.4 Å². The normalized spacial score (nSPS) is 19.1. The van der Waals surface area contributed by atoms with Crippen LogP contribution >= 0.6 is 0 Å². The van der Waals surface area contributed by atoms with Gasteiger partial charge in [0.1, 0.15) is 5.82 Å². The molecule has 0 bridgehead atoms.